The van der Waals surface area contributed by atoms with Crippen LogP contribution < -0.4 is 5.32 Å². The third kappa shape index (κ3) is 4.35. The Labute approximate surface area is 176 Å². The number of benzene rings is 3. The molecule has 3 aromatic carbocycles. The Bertz CT molecular complexity index is 1220. The van der Waals surface area contributed by atoms with Gasteiger partial charge in [-0.2, -0.15) is 5.26 Å². The van der Waals surface area contributed by atoms with Crippen LogP contribution in [-0.4, -0.2) is 4.98 Å². The molecule has 0 aliphatic heterocycles. The first-order chi connectivity index (χ1) is 14.5. The van der Waals surface area contributed by atoms with Crippen LogP contribution in [0.3, 0.4) is 0 Å². The molecular weight excluding hydrogens is 373 g/mol. The predicted octanol–water partition coefficient (Wildman–Crippen LogP) is 6.32. The maximum atomic E-state index is 13.8. The number of terminal acetylenes is 1. The zero-order valence-electron chi connectivity index (χ0n) is 17.0. The van der Waals surface area contributed by atoms with E-state index >= 15 is 0 Å². The minimum absolute atomic E-state index is 0.191. The molecule has 1 aromatic heterocycles. The van der Waals surface area contributed by atoms with Crippen molar-refractivity contribution >= 4 is 16.6 Å². The Morgan fingerprint density at radius 3 is 2.57 bits per heavy atom. The molecule has 0 spiro atoms. The summed E-state index contributed by atoms with van der Waals surface area (Å²) < 4.78 is 13.8. The summed E-state index contributed by atoms with van der Waals surface area (Å²) in [6.07, 6.45) is 8.00. The lowest BCUT2D eigenvalue weighted by molar-refractivity contribution is 0.620. The third-order valence-corrected chi connectivity index (χ3v) is 4.99. The molecule has 4 rings (SSSR count). The van der Waals surface area contributed by atoms with Crippen molar-refractivity contribution in [3.8, 4) is 30.2 Å². The van der Waals surface area contributed by atoms with Crippen LogP contribution >= 0.6 is 0 Å². The number of hydrogen-bond acceptors (Lipinski definition) is 2. The molecule has 0 aliphatic carbocycles. The third-order valence-electron chi connectivity index (χ3n) is 4.99. The smallest absolute Gasteiger partial charge is 0.126 e. The molecule has 3 nitrogen and oxygen atoms in total. The van der Waals surface area contributed by atoms with Crippen LogP contribution in [0, 0.1) is 43.8 Å². The fourth-order valence-electron chi connectivity index (χ4n) is 3.34. The molecule has 0 aliphatic rings. The number of nitrogens with one attached hydrogen (secondary N) is 2. The largest absolute Gasteiger partial charge is 0.381 e. The molecule has 0 atom stereocenters. The van der Waals surface area contributed by atoms with Gasteiger partial charge in [0, 0.05) is 34.4 Å². The Hall–Kier alpha value is -4.02. The fraction of sp³-hybridized carbons (Fsp3) is 0.115. The average Bonchev–Trinajstić information content (AvgIpc) is 3.17. The fourth-order valence-corrected chi connectivity index (χ4v) is 3.34. The van der Waals surface area contributed by atoms with Crippen LogP contribution in [0.5, 0.6) is 0 Å². The van der Waals surface area contributed by atoms with Gasteiger partial charge in [-0.25, -0.2) is 4.39 Å². The highest BCUT2D eigenvalue weighted by atomic mass is 19.1. The van der Waals surface area contributed by atoms with Crippen molar-refractivity contribution in [3.63, 3.8) is 0 Å². The van der Waals surface area contributed by atoms with E-state index in [1.165, 1.54) is 0 Å². The van der Waals surface area contributed by atoms with Gasteiger partial charge in [-0.1, -0.05) is 24.3 Å². The van der Waals surface area contributed by atoms with Crippen LogP contribution in [0.25, 0.3) is 22.2 Å². The summed E-state index contributed by atoms with van der Waals surface area (Å²) in [7, 11) is 0. The van der Waals surface area contributed by atoms with E-state index in [-0.39, 0.29) is 5.82 Å². The standard InChI is InChI=1S/C24H20FN3.C2H2/c1-15-6-7-19(24-12-20-10-21(25)16(2)8-23(20)28-24)11-22(15)27-14-18-5-3-4-17(9-18)13-26;1-2/h3-12,27-28H,14H2,1-2H3;1-2H. The Balaban J connectivity index is 0.00000124. The lowest BCUT2D eigenvalue weighted by Crippen LogP contribution is -2.01. The summed E-state index contributed by atoms with van der Waals surface area (Å²) in [5, 5.41) is 13.4. The van der Waals surface area contributed by atoms with Crippen molar-refractivity contribution < 1.29 is 4.39 Å². The summed E-state index contributed by atoms with van der Waals surface area (Å²) >= 11 is 0. The van der Waals surface area contributed by atoms with Gasteiger partial charge in [0.15, 0.2) is 0 Å². The van der Waals surface area contributed by atoms with Crippen LogP contribution in [-0.2, 0) is 6.54 Å². The topological polar surface area (TPSA) is 51.6 Å². The van der Waals surface area contributed by atoms with E-state index in [2.05, 4.69) is 54.3 Å². The average molecular weight is 395 g/mol. The quantitative estimate of drug-likeness (QED) is 0.397. The predicted molar refractivity (Wildman–Crippen MR) is 122 cm³/mol. The van der Waals surface area contributed by atoms with Gasteiger partial charge < -0.3 is 10.3 Å². The van der Waals surface area contributed by atoms with Gasteiger partial charge >= 0.3 is 0 Å². The second kappa shape index (κ2) is 8.99. The number of nitrogens with zero attached hydrogens (tertiary/aromatic N) is 1. The van der Waals surface area contributed by atoms with Gasteiger partial charge in [-0.05, 0) is 66.9 Å². The van der Waals surface area contributed by atoms with Crippen molar-refractivity contribution in [3.05, 3.63) is 88.7 Å². The Morgan fingerprint density at radius 1 is 1.00 bits per heavy atom. The van der Waals surface area contributed by atoms with Crippen molar-refractivity contribution in [2.24, 2.45) is 0 Å². The Morgan fingerprint density at radius 2 is 1.80 bits per heavy atom. The molecule has 0 amide bonds. The molecule has 0 saturated heterocycles. The molecular formula is C26H22FN3. The molecule has 1 heterocycles. The van der Waals surface area contributed by atoms with Gasteiger partial charge in [0.1, 0.15) is 5.82 Å². The molecule has 0 radical (unpaired) electrons. The van der Waals surface area contributed by atoms with Gasteiger partial charge in [0.2, 0.25) is 0 Å². The van der Waals surface area contributed by atoms with Crippen molar-refractivity contribution in [2.45, 2.75) is 20.4 Å². The van der Waals surface area contributed by atoms with E-state index in [9.17, 15) is 4.39 Å². The molecule has 2 N–H and O–H groups in total. The number of nitriles is 1. The van der Waals surface area contributed by atoms with Crippen molar-refractivity contribution in [1.82, 2.24) is 4.98 Å². The molecule has 4 heteroatoms. The van der Waals surface area contributed by atoms with E-state index in [1.54, 1.807) is 19.1 Å². The van der Waals surface area contributed by atoms with E-state index in [0.29, 0.717) is 17.7 Å². The zero-order chi connectivity index (χ0) is 21.7. The van der Waals surface area contributed by atoms with Crippen LogP contribution in [0.1, 0.15) is 22.3 Å². The highest BCUT2D eigenvalue weighted by Crippen LogP contribution is 2.29. The van der Waals surface area contributed by atoms with Crippen LogP contribution in [0.15, 0.2) is 60.7 Å². The van der Waals surface area contributed by atoms with Crippen molar-refractivity contribution in [2.75, 3.05) is 5.32 Å². The van der Waals surface area contributed by atoms with Gasteiger partial charge in [-0.3, -0.25) is 0 Å². The summed E-state index contributed by atoms with van der Waals surface area (Å²) in [6.45, 7) is 4.46. The first-order valence-electron chi connectivity index (χ1n) is 9.49. The molecule has 0 saturated carbocycles. The summed E-state index contributed by atoms with van der Waals surface area (Å²) in [6, 6.07) is 21.4. The first-order valence-corrected chi connectivity index (χ1v) is 9.49. The molecule has 0 bridgehead atoms. The van der Waals surface area contributed by atoms with E-state index in [0.717, 1.165) is 39.0 Å². The molecule has 0 unspecified atom stereocenters. The van der Waals surface area contributed by atoms with Crippen LogP contribution in [0.2, 0.25) is 0 Å². The number of aromatic nitrogens is 1. The van der Waals surface area contributed by atoms with Gasteiger partial charge in [-0.15, -0.1) is 12.8 Å². The minimum Gasteiger partial charge on any atom is -0.381 e. The second-order valence-electron chi connectivity index (χ2n) is 7.07. The highest BCUT2D eigenvalue weighted by molar-refractivity contribution is 5.87. The monoisotopic (exact) mass is 395 g/mol. The maximum absolute atomic E-state index is 13.8. The van der Waals surface area contributed by atoms with Crippen molar-refractivity contribution in [1.29, 1.82) is 5.26 Å². The van der Waals surface area contributed by atoms with E-state index in [4.69, 9.17) is 5.26 Å². The summed E-state index contributed by atoms with van der Waals surface area (Å²) in [5.41, 5.74) is 7.43. The Kier molecular flexibility index (Phi) is 6.20. The lowest BCUT2D eigenvalue weighted by Gasteiger charge is -2.11. The number of aryl methyl sites for hydroxylation is 2. The molecule has 30 heavy (non-hydrogen) atoms. The van der Waals surface area contributed by atoms with E-state index in [1.807, 2.05) is 30.3 Å². The SMILES string of the molecule is C#C.Cc1cc2[nH]c(-c3ccc(C)c(NCc4cccc(C#N)c4)c3)cc2cc1F. The molecule has 0 fully saturated rings. The normalized spacial score (nSPS) is 10.1. The molecule has 148 valence electrons. The number of halogens is 1. The number of anilines is 1. The first kappa shape index (κ1) is 20.7. The van der Waals surface area contributed by atoms with Crippen LogP contribution in [0.4, 0.5) is 10.1 Å². The number of aromatic amines is 1. The number of rotatable bonds is 4. The van der Waals surface area contributed by atoms with Gasteiger partial charge in [0.25, 0.3) is 0 Å². The van der Waals surface area contributed by atoms with Gasteiger partial charge in [0.05, 0.1) is 11.6 Å². The zero-order valence-corrected chi connectivity index (χ0v) is 17.0. The highest BCUT2D eigenvalue weighted by Gasteiger charge is 2.08. The minimum atomic E-state index is -0.191. The number of H-pyrrole nitrogens is 1. The lowest BCUT2D eigenvalue weighted by atomic mass is 10.1. The summed E-state index contributed by atoms with van der Waals surface area (Å²) in [5.74, 6) is -0.191. The van der Waals surface area contributed by atoms with E-state index < -0.39 is 0 Å². The number of hydrogen-bond donors (Lipinski definition) is 2. The molecule has 4 aromatic rings. The number of fused-ring (bicyclic) bond motifs is 1. The maximum Gasteiger partial charge on any atom is 0.126 e. The summed E-state index contributed by atoms with van der Waals surface area (Å²) in [4.78, 5) is 3.38. The second-order valence-corrected chi connectivity index (χ2v) is 7.07.